The van der Waals surface area contributed by atoms with Crippen molar-refractivity contribution in [3.05, 3.63) is 0 Å². The quantitative estimate of drug-likeness (QED) is 0.542. The second-order valence-electron chi connectivity index (χ2n) is 3.46. The molecule has 0 aliphatic carbocycles. The van der Waals surface area contributed by atoms with Gasteiger partial charge in [0.25, 0.3) is 0 Å². The zero-order valence-corrected chi connectivity index (χ0v) is 14.3. The molecule has 100 valence electrons. The van der Waals surface area contributed by atoms with Gasteiger partial charge in [-0.15, -0.1) is 9.24 Å². The van der Waals surface area contributed by atoms with Crippen LogP contribution in [0.1, 0.15) is 60.8 Å². The molecule has 0 rings (SSSR count). The third-order valence-corrected chi connectivity index (χ3v) is 0. The molecule has 0 N–H and O–H groups in total. The van der Waals surface area contributed by atoms with Crippen LogP contribution in [0, 0.1) is 0 Å². The van der Waals surface area contributed by atoms with Crippen molar-refractivity contribution in [1.82, 2.24) is 4.90 Å². The number of hydrogen-bond donors (Lipinski definition) is 0. The standard InChI is InChI=1S/C3H9N.3C3H8.CH5P/c1-4(2)3;3*1-3-2;1-2/h1-3H3;3*3H2,1-2H3;2H2,1H3. The molecule has 0 fully saturated rings. The van der Waals surface area contributed by atoms with Gasteiger partial charge in [0.15, 0.2) is 0 Å². The Morgan fingerprint density at radius 1 is 0.600 bits per heavy atom. The van der Waals surface area contributed by atoms with E-state index in [1.165, 1.54) is 19.3 Å². The zero-order valence-electron chi connectivity index (χ0n) is 13.1. The molecule has 15 heavy (non-hydrogen) atoms. The van der Waals surface area contributed by atoms with Crippen LogP contribution in [0.15, 0.2) is 0 Å². The molecule has 0 aromatic carbocycles. The maximum atomic E-state index is 2.42. The lowest BCUT2D eigenvalue weighted by Gasteiger charge is -1.90. The minimum absolute atomic E-state index is 1.25. The second kappa shape index (κ2) is 63.2. The molecule has 0 amide bonds. The molecule has 0 radical (unpaired) electrons. The van der Waals surface area contributed by atoms with E-state index in [0.29, 0.717) is 0 Å². The molecule has 0 saturated heterocycles. The minimum Gasteiger partial charge on any atom is -0.312 e. The highest BCUT2D eigenvalue weighted by molar-refractivity contribution is 7.15. The molecule has 0 aromatic rings. The van der Waals surface area contributed by atoms with Crippen LogP contribution in [-0.4, -0.2) is 32.7 Å². The molecule has 1 unspecified atom stereocenters. The Morgan fingerprint density at radius 3 is 0.600 bits per heavy atom. The van der Waals surface area contributed by atoms with Crippen molar-refractivity contribution >= 4 is 9.24 Å². The largest absolute Gasteiger partial charge is 0.312 e. The predicted octanol–water partition coefficient (Wildman–Crippen LogP) is 4.92. The van der Waals surface area contributed by atoms with E-state index in [1.807, 2.05) is 32.7 Å². The molecular formula is C13H38NP. The average Bonchev–Trinajstić information content (AvgIpc) is 2.09. The summed E-state index contributed by atoms with van der Waals surface area (Å²) in [5.74, 6) is 0. The molecule has 0 saturated carbocycles. The normalized spacial score (nSPS) is 6.40. The highest BCUT2D eigenvalue weighted by Gasteiger charge is 1.58. The number of rotatable bonds is 0. The highest BCUT2D eigenvalue weighted by Crippen LogP contribution is 1.57. The number of nitrogens with zero attached hydrogens (tertiary/aromatic N) is 1. The predicted molar refractivity (Wildman–Crippen MR) is 83.1 cm³/mol. The molecule has 0 bridgehead atoms. The molecule has 1 atom stereocenters. The van der Waals surface area contributed by atoms with Crippen molar-refractivity contribution in [2.24, 2.45) is 0 Å². The monoisotopic (exact) mass is 239 g/mol. The Balaban J connectivity index is -0.0000000283. The van der Waals surface area contributed by atoms with Crippen LogP contribution in [0.2, 0.25) is 0 Å². The number of hydrogen-bond acceptors (Lipinski definition) is 1. The first kappa shape index (κ1) is 29.5. The molecule has 0 aliphatic rings. The lowest BCUT2D eigenvalue weighted by atomic mass is 10.6. The summed E-state index contributed by atoms with van der Waals surface area (Å²) in [5, 5.41) is 0. The van der Waals surface area contributed by atoms with Gasteiger partial charge in [-0.25, -0.2) is 0 Å². The molecular weight excluding hydrogens is 201 g/mol. The van der Waals surface area contributed by atoms with E-state index >= 15 is 0 Å². The van der Waals surface area contributed by atoms with Crippen LogP contribution < -0.4 is 0 Å². The first-order valence-electron chi connectivity index (χ1n) is 6.16. The summed E-state index contributed by atoms with van der Waals surface area (Å²) >= 11 is 0. The van der Waals surface area contributed by atoms with Crippen LogP contribution >= 0.6 is 9.24 Å². The van der Waals surface area contributed by atoms with Crippen LogP contribution in [0.5, 0.6) is 0 Å². The van der Waals surface area contributed by atoms with E-state index in [1.54, 1.807) is 0 Å². The van der Waals surface area contributed by atoms with Crippen molar-refractivity contribution in [2.75, 3.05) is 27.8 Å². The van der Waals surface area contributed by atoms with Gasteiger partial charge in [-0.1, -0.05) is 67.5 Å². The SMILES string of the molecule is CCC.CCC.CCC.CN(C)C.CP. The van der Waals surface area contributed by atoms with Gasteiger partial charge >= 0.3 is 0 Å². The Bertz CT molecular complexity index is 32.0. The Kier molecular flexibility index (Phi) is 124. The van der Waals surface area contributed by atoms with Crippen LogP contribution in [0.25, 0.3) is 0 Å². The second-order valence-corrected chi connectivity index (χ2v) is 3.46. The van der Waals surface area contributed by atoms with Gasteiger partial charge in [0.05, 0.1) is 0 Å². The van der Waals surface area contributed by atoms with Gasteiger partial charge in [0.1, 0.15) is 0 Å². The van der Waals surface area contributed by atoms with E-state index in [2.05, 4.69) is 50.8 Å². The van der Waals surface area contributed by atoms with Gasteiger partial charge < -0.3 is 4.90 Å². The summed E-state index contributed by atoms with van der Waals surface area (Å²) in [4.78, 5) is 2.00. The average molecular weight is 239 g/mol. The smallest absolute Gasteiger partial charge is 0.0140 e. The van der Waals surface area contributed by atoms with Crippen molar-refractivity contribution < 1.29 is 0 Å². The van der Waals surface area contributed by atoms with Gasteiger partial charge in [0.2, 0.25) is 0 Å². The van der Waals surface area contributed by atoms with Crippen molar-refractivity contribution in [1.29, 1.82) is 0 Å². The third kappa shape index (κ3) is 14500. The lowest BCUT2D eigenvalue weighted by molar-refractivity contribution is 0.505. The zero-order chi connectivity index (χ0) is 13.7. The van der Waals surface area contributed by atoms with Crippen molar-refractivity contribution in [3.8, 4) is 0 Å². The summed E-state index contributed by atoms with van der Waals surface area (Å²) in [5.41, 5.74) is 0. The van der Waals surface area contributed by atoms with Crippen molar-refractivity contribution in [2.45, 2.75) is 60.8 Å². The summed E-state index contributed by atoms with van der Waals surface area (Å²) in [6, 6.07) is 0. The summed E-state index contributed by atoms with van der Waals surface area (Å²) in [7, 11) is 8.42. The summed E-state index contributed by atoms with van der Waals surface area (Å²) in [6.45, 7) is 14.7. The first-order chi connectivity index (χ1) is 6.97. The van der Waals surface area contributed by atoms with Crippen LogP contribution in [-0.2, 0) is 0 Å². The molecule has 0 aromatic heterocycles. The summed E-state index contributed by atoms with van der Waals surface area (Å²) in [6.07, 6.45) is 3.75. The minimum atomic E-state index is 1.25. The van der Waals surface area contributed by atoms with E-state index in [9.17, 15) is 0 Å². The van der Waals surface area contributed by atoms with Crippen LogP contribution in [0.4, 0.5) is 0 Å². The topological polar surface area (TPSA) is 3.24 Å². The van der Waals surface area contributed by atoms with Gasteiger partial charge in [-0.3, -0.25) is 0 Å². The molecule has 2 heteroatoms. The maximum absolute atomic E-state index is 2.42. The van der Waals surface area contributed by atoms with E-state index in [0.717, 1.165) is 0 Å². The molecule has 0 spiro atoms. The Hall–Kier alpha value is 0.390. The van der Waals surface area contributed by atoms with Gasteiger partial charge in [0, 0.05) is 0 Å². The molecule has 1 nitrogen and oxygen atoms in total. The molecule has 0 heterocycles. The van der Waals surface area contributed by atoms with E-state index in [4.69, 9.17) is 0 Å². The van der Waals surface area contributed by atoms with Gasteiger partial charge in [-0.05, 0) is 21.1 Å². The fourth-order valence-corrected chi connectivity index (χ4v) is 0. The third-order valence-electron chi connectivity index (χ3n) is 0. The van der Waals surface area contributed by atoms with E-state index in [-0.39, 0.29) is 0 Å². The Labute approximate surface area is 103 Å². The molecule has 0 aliphatic heterocycles. The maximum Gasteiger partial charge on any atom is -0.0140 e. The first-order valence-corrected chi connectivity index (χ1v) is 7.32. The lowest BCUT2D eigenvalue weighted by Crippen LogP contribution is -1.99. The van der Waals surface area contributed by atoms with Crippen molar-refractivity contribution in [3.63, 3.8) is 0 Å². The highest BCUT2D eigenvalue weighted by atomic mass is 31.0. The fraction of sp³-hybridized carbons (Fsp3) is 1.00. The van der Waals surface area contributed by atoms with Crippen LogP contribution in [0.3, 0.4) is 0 Å². The van der Waals surface area contributed by atoms with E-state index < -0.39 is 0 Å². The summed E-state index contributed by atoms with van der Waals surface area (Å²) < 4.78 is 0. The fourth-order valence-electron chi connectivity index (χ4n) is 0. The Morgan fingerprint density at radius 2 is 0.600 bits per heavy atom. The van der Waals surface area contributed by atoms with Gasteiger partial charge in [-0.2, -0.15) is 0 Å².